The van der Waals surface area contributed by atoms with Crippen LogP contribution in [-0.2, 0) is 9.59 Å². The summed E-state index contributed by atoms with van der Waals surface area (Å²) in [5.41, 5.74) is 3.32. The molecule has 0 aromatic heterocycles. The third-order valence-corrected chi connectivity index (χ3v) is 5.01. The zero-order valence-corrected chi connectivity index (χ0v) is 16.5. The Hall–Kier alpha value is -3.40. The maximum absolute atomic E-state index is 12.3. The smallest absolute Gasteiger partial charge is 0.309 e. The van der Waals surface area contributed by atoms with Crippen molar-refractivity contribution in [3.63, 3.8) is 0 Å². The highest BCUT2D eigenvalue weighted by atomic mass is 16.2. The number of hydrogen-bond acceptors (Lipinski definition) is 2. The molecule has 0 aliphatic carbocycles. The fourth-order valence-electron chi connectivity index (χ4n) is 3.30. The van der Waals surface area contributed by atoms with Gasteiger partial charge in [0, 0.05) is 19.0 Å². The van der Waals surface area contributed by atoms with Gasteiger partial charge in [0.2, 0.25) is 0 Å². The van der Waals surface area contributed by atoms with Gasteiger partial charge in [-0.05, 0) is 22.6 Å². The van der Waals surface area contributed by atoms with E-state index in [-0.39, 0.29) is 11.8 Å². The topological polar surface area (TPSA) is 58.2 Å². The molecule has 0 aliphatic heterocycles. The zero-order valence-electron chi connectivity index (χ0n) is 16.5. The molecule has 148 valence electrons. The number of amides is 2. The lowest BCUT2D eigenvalue weighted by molar-refractivity contribution is -0.139. The minimum absolute atomic E-state index is 0.0163. The second kappa shape index (κ2) is 10.2. The van der Waals surface area contributed by atoms with Gasteiger partial charge < -0.3 is 10.6 Å². The molecule has 3 aromatic rings. The number of nitrogens with one attached hydrogen (secondary N) is 2. The molecule has 0 saturated carbocycles. The Labute approximate surface area is 172 Å². The van der Waals surface area contributed by atoms with E-state index in [0.29, 0.717) is 13.1 Å². The van der Waals surface area contributed by atoms with Gasteiger partial charge in [-0.1, -0.05) is 97.9 Å². The summed E-state index contributed by atoms with van der Waals surface area (Å²) in [6.45, 7) is 2.79. The predicted molar refractivity (Wildman–Crippen MR) is 116 cm³/mol. The first kappa shape index (κ1) is 20.3. The van der Waals surface area contributed by atoms with Gasteiger partial charge in [0.25, 0.3) is 0 Å². The fraction of sp³-hybridized carbons (Fsp3) is 0.200. The van der Waals surface area contributed by atoms with Gasteiger partial charge in [-0.25, -0.2) is 0 Å². The third-order valence-electron chi connectivity index (χ3n) is 5.01. The molecular weight excluding hydrogens is 360 g/mol. The summed E-state index contributed by atoms with van der Waals surface area (Å²) in [7, 11) is 0. The number of hydrogen-bond donors (Lipinski definition) is 2. The normalized spacial score (nSPS) is 11.7. The summed E-state index contributed by atoms with van der Waals surface area (Å²) in [5.74, 6) is -1.10. The molecule has 0 spiro atoms. The van der Waals surface area contributed by atoms with Crippen LogP contribution >= 0.6 is 0 Å². The quantitative estimate of drug-likeness (QED) is 0.606. The summed E-state index contributed by atoms with van der Waals surface area (Å²) in [4.78, 5) is 24.6. The number of benzene rings is 3. The van der Waals surface area contributed by atoms with E-state index in [1.54, 1.807) is 0 Å². The minimum Gasteiger partial charge on any atom is -0.347 e. The van der Waals surface area contributed by atoms with Crippen molar-refractivity contribution in [2.45, 2.75) is 18.8 Å². The largest absolute Gasteiger partial charge is 0.347 e. The average molecular weight is 386 g/mol. The van der Waals surface area contributed by atoms with Crippen LogP contribution in [0.15, 0.2) is 91.0 Å². The second-order valence-corrected chi connectivity index (χ2v) is 7.11. The van der Waals surface area contributed by atoms with Crippen LogP contribution in [0.5, 0.6) is 0 Å². The number of carbonyl (C=O) groups excluding carboxylic acids is 2. The minimum atomic E-state index is -0.609. The van der Waals surface area contributed by atoms with Crippen LogP contribution in [0.4, 0.5) is 0 Å². The zero-order chi connectivity index (χ0) is 20.5. The van der Waals surface area contributed by atoms with Gasteiger partial charge in [0.15, 0.2) is 0 Å². The van der Waals surface area contributed by atoms with Gasteiger partial charge in [0.05, 0.1) is 0 Å². The maximum atomic E-state index is 12.3. The Morgan fingerprint density at radius 2 is 1.00 bits per heavy atom. The molecule has 0 radical (unpaired) electrons. The second-order valence-electron chi connectivity index (χ2n) is 7.11. The molecular formula is C25H26N2O2. The van der Waals surface area contributed by atoms with E-state index in [9.17, 15) is 9.59 Å². The van der Waals surface area contributed by atoms with Crippen LogP contribution in [-0.4, -0.2) is 24.9 Å². The first-order valence-corrected chi connectivity index (χ1v) is 9.86. The van der Waals surface area contributed by atoms with E-state index >= 15 is 0 Å². The summed E-state index contributed by atoms with van der Waals surface area (Å²) >= 11 is 0. The molecule has 2 N–H and O–H groups in total. The molecule has 2 amide bonds. The van der Waals surface area contributed by atoms with E-state index < -0.39 is 11.8 Å². The van der Waals surface area contributed by atoms with Crippen LogP contribution < -0.4 is 10.6 Å². The highest BCUT2D eigenvalue weighted by Crippen LogP contribution is 2.23. The molecule has 1 atom stereocenters. The van der Waals surface area contributed by atoms with Gasteiger partial charge >= 0.3 is 11.8 Å². The van der Waals surface area contributed by atoms with Crippen molar-refractivity contribution in [1.29, 1.82) is 0 Å². The molecule has 0 heterocycles. The highest BCUT2D eigenvalue weighted by Gasteiger charge is 2.19. The molecule has 3 aromatic carbocycles. The van der Waals surface area contributed by atoms with Crippen molar-refractivity contribution in [2.24, 2.45) is 0 Å². The van der Waals surface area contributed by atoms with E-state index in [2.05, 4.69) is 10.6 Å². The monoisotopic (exact) mass is 386 g/mol. The fourth-order valence-corrected chi connectivity index (χ4v) is 3.30. The first-order valence-electron chi connectivity index (χ1n) is 9.86. The standard InChI is InChI=1S/C25H26N2O2/c1-19(20-11-5-2-6-12-20)17-26-24(28)25(29)27-18-23(21-13-7-3-8-14-21)22-15-9-4-10-16-22/h2-16,19,23H,17-18H2,1H3,(H,26,28)(H,27,29)/t19-/m1/s1. The van der Waals surface area contributed by atoms with Crippen molar-refractivity contribution in [2.75, 3.05) is 13.1 Å². The van der Waals surface area contributed by atoms with Crippen LogP contribution in [0.3, 0.4) is 0 Å². The Kier molecular flexibility index (Phi) is 7.17. The summed E-state index contributed by atoms with van der Waals surface area (Å²) < 4.78 is 0. The Bertz CT molecular complexity index is 872. The lowest BCUT2D eigenvalue weighted by Gasteiger charge is -2.19. The molecule has 4 nitrogen and oxygen atoms in total. The van der Waals surface area contributed by atoms with Crippen molar-refractivity contribution in [3.05, 3.63) is 108 Å². The van der Waals surface area contributed by atoms with Crippen LogP contribution in [0, 0.1) is 0 Å². The van der Waals surface area contributed by atoms with Gasteiger partial charge in [-0.3, -0.25) is 9.59 Å². The number of rotatable bonds is 7. The maximum Gasteiger partial charge on any atom is 0.309 e. The molecule has 3 rings (SSSR count). The molecule has 0 aliphatic rings. The predicted octanol–water partition coefficient (Wildman–Crippen LogP) is 3.85. The Morgan fingerprint density at radius 3 is 1.45 bits per heavy atom. The van der Waals surface area contributed by atoms with Crippen molar-refractivity contribution < 1.29 is 9.59 Å². The average Bonchev–Trinajstić information content (AvgIpc) is 2.79. The van der Waals surface area contributed by atoms with Gasteiger partial charge in [0.1, 0.15) is 0 Å². The lowest BCUT2D eigenvalue weighted by Crippen LogP contribution is -2.42. The van der Waals surface area contributed by atoms with Crippen LogP contribution in [0.25, 0.3) is 0 Å². The SMILES string of the molecule is C[C@H](CNC(=O)C(=O)NCC(c1ccccc1)c1ccccc1)c1ccccc1. The molecule has 0 bridgehead atoms. The molecule has 4 heteroatoms. The highest BCUT2D eigenvalue weighted by molar-refractivity contribution is 6.35. The Balaban J connectivity index is 1.57. The van der Waals surface area contributed by atoms with Crippen LogP contribution in [0.2, 0.25) is 0 Å². The van der Waals surface area contributed by atoms with E-state index in [4.69, 9.17) is 0 Å². The molecule has 0 fully saturated rings. The third kappa shape index (κ3) is 5.79. The summed E-state index contributed by atoms with van der Waals surface area (Å²) in [6, 6.07) is 29.9. The van der Waals surface area contributed by atoms with Gasteiger partial charge in [-0.2, -0.15) is 0 Å². The summed E-state index contributed by atoms with van der Waals surface area (Å²) in [5, 5.41) is 5.53. The van der Waals surface area contributed by atoms with Gasteiger partial charge in [-0.15, -0.1) is 0 Å². The van der Waals surface area contributed by atoms with E-state index in [0.717, 1.165) is 16.7 Å². The van der Waals surface area contributed by atoms with Crippen molar-refractivity contribution in [1.82, 2.24) is 10.6 Å². The summed E-state index contributed by atoms with van der Waals surface area (Å²) in [6.07, 6.45) is 0. The van der Waals surface area contributed by atoms with E-state index in [1.165, 1.54) is 0 Å². The van der Waals surface area contributed by atoms with Crippen molar-refractivity contribution in [3.8, 4) is 0 Å². The molecule has 0 unspecified atom stereocenters. The van der Waals surface area contributed by atoms with Crippen molar-refractivity contribution >= 4 is 11.8 Å². The lowest BCUT2D eigenvalue weighted by atomic mass is 9.91. The number of carbonyl (C=O) groups is 2. The van der Waals surface area contributed by atoms with Crippen LogP contribution in [0.1, 0.15) is 35.4 Å². The van der Waals surface area contributed by atoms with E-state index in [1.807, 2.05) is 97.9 Å². The first-order chi connectivity index (χ1) is 14.1. The molecule has 0 saturated heterocycles. The Morgan fingerprint density at radius 1 is 0.621 bits per heavy atom. The molecule has 29 heavy (non-hydrogen) atoms.